The second-order valence-electron chi connectivity index (χ2n) is 4.41. The van der Waals surface area contributed by atoms with Gasteiger partial charge in [-0.15, -0.1) is 0 Å². The van der Waals surface area contributed by atoms with Crippen molar-refractivity contribution in [2.75, 3.05) is 13.6 Å². The van der Waals surface area contributed by atoms with Gasteiger partial charge in [-0.1, -0.05) is 13.8 Å². The molecule has 0 aromatic heterocycles. The average molecular weight is 170 g/mol. The first-order chi connectivity index (χ1) is 5.52. The normalized spacial score (nSPS) is 44.8. The van der Waals surface area contributed by atoms with Crippen LogP contribution in [0.5, 0.6) is 0 Å². The Morgan fingerprint density at radius 2 is 2.17 bits per heavy atom. The molecule has 1 rings (SSSR count). The van der Waals surface area contributed by atoms with E-state index >= 15 is 0 Å². The molecule has 12 heavy (non-hydrogen) atoms. The zero-order chi connectivity index (χ0) is 9.35. The van der Waals surface area contributed by atoms with Crippen LogP contribution in [0.15, 0.2) is 0 Å². The van der Waals surface area contributed by atoms with Crippen molar-refractivity contribution in [3.63, 3.8) is 0 Å². The van der Waals surface area contributed by atoms with E-state index in [0.717, 1.165) is 13.0 Å². The summed E-state index contributed by atoms with van der Waals surface area (Å²) in [5.74, 6) is 0. The van der Waals surface area contributed by atoms with Gasteiger partial charge in [0.1, 0.15) is 0 Å². The molecule has 2 nitrogen and oxygen atoms in total. The number of hydrogen-bond donors (Lipinski definition) is 1. The van der Waals surface area contributed by atoms with Crippen LogP contribution < -0.4 is 5.73 Å². The van der Waals surface area contributed by atoms with E-state index in [0.29, 0.717) is 17.5 Å². The zero-order valence-electron chi connectivity index (χ0n) is 8.80. The molecule has 0 spiro atoms. The topological polar surface area (TPSA) is 29.3 Å². The van der Waals surface area contributed by atoms with E-state index in [1.54, 1.807) is 0 Å². The third kappa shape index (κ3) is 1.38. The number of likely N-dealkylation sites (tertiary alicyclic amines) is 1. The minimum absolute atomic E-state index is 0.312. The first kappa shape index (κ1) is 10.0. The molecule has 0 amide bonds. The van der Waals surface area contributed by atoms with Gasteiger partial charge in [-0.25, -0.2) is 0 Å². The molecule has 1 aliphatic heterocycles. The molecular formula is C10H22N2. The summed E-state index contributed by atoms with van der Waals surface area (Å²) >= 11 is 0. The molecule has 1 fully saturated rings. The van der Waals surface area contributed by atoms with Gasteiger partial charge in [0.15, 0.2) is 0 Å². The lowest BCUT2D eigenvalue weighted by molar-refractivity contribution is 0.0331. The summed E-state index contributed by atoms with van der Waals surface area (Å²) in [4.78, 5) is 2.42. The van der Waals surface area contributed by atoms with Crippen LogP contribution in [0.2, 0.25) is 0 Å². The lowest BCUT2D eigenvalue weighted by Crippen LogP contribution is -2.57. The Morgan fingerprint density at radius 1 is 1.58 bits per heavy atom. The van der Waals surface area contributed by atoms with Gasteiger partial charge in [-0.05, 0) is 38.8 Å². The van der Waals surface area contributed by atoms with Crippen molar-refractivity contribution >= 4 is 0 Å². The molecule has 0 saturated carbocycles. The molecule has 2 N–H and O–H groups in total. The Hall–Kier alpha value is -0.0800. The first-order valence-corrected chi connectivity index (χ1v) is 4.98. The predicted octanol–water partition coefficient (Wildman–Crippen LogP) is 1.45. The Balaban J connectivity index is 2.78. The molecule has 0 aromatic carbocycles. The number of nitrogens with two attached hydrogens (primary N) is 1. The smallest absolute Gasteiger partial charge is 0.0132 e. The maximum absolute atomic E-state index is 6.15. The van der Waals surface area contributed by atoms with Gasteiger partial charge in [0.05, 0.1) is 0 Å². The molecule has 0 aromatic rings. The largest absolute Gasteiger partial charge is 0.327 e. The summed E-state index contributed by atoms with van der Waals surface area (Å²) in [5.41, 5.74) is 6.46. The molecule has 0 radical (unpaired) electrons. The van der Waals surface area contributed by atoms with Gasteiger partial charge in [-0.2, -0.15) is 0 Å². The molecular weight excluding hydrogens is 148 g/mol. The van der Waals surface area contributed by atoms with Crippen molar-refractivity contribution < 1.29 is 0 Å². The van der Waals surface area contributed by atoms with Gasteiger partial charge in [-0.3, -0.25) is 0 Å². The standard InChI is InChI=1S/C10H22N2/c1-5-10(3)8(2)12(4)7-6-9(10)11/h8-9H,5-7,11H2,1-4H3. The van der Waals surface area contributed by atoms with E-state index in [2.05, 4.69) is 32.7 Å². The Labute approximate surface area is 76.1 Å². The summed E-state index contributed by atoms with van der Waals surface area (Å²) in [5, 5.41) is 0. The van der Waals surface area contributed by atoms with Gasteiger partial charge in [0.25, 0.3) is 0 Å². The van der Waals surface area contributed by atoms with Gasteiger partial charge >= 0.3 is 0 Å². The van der Waals surface area contributed by atoms with Crippen molar-refractivity contribution in [1.82, 2.24) is 4.90 Å². The van der Waals surface area contributed by atoms with Crippen molar-refractivity contribution in [2.45, 2.75) is 45.7 Å². The van der Waals surface area contributed by atoms with Crippen molar-refractivity contribution in [3.05, 3.63) is 0 Å². The van der Waals surface area contributed by atoms with Gasteiger partial charge in [0, 0.05) is 12.1 Å². The SMILES string of the molecule is CCC1(C)C(N)CCN(C)C1C. The molecule has 0 bridgehead atoms. The molecule has 2 heteroatoms. The quantitative estimate of drug-likeness (QED) is 0.645. The van der Waals surface area contributed by atoms with Crippen LogP contribution in [0, 0.1) is 5.41 Å². The molecule has 72 valence electrons. The van der Waals surface area contributed by atoms with Gasteiger partial charge in [0.2, 0.25) is 0 Å². The molecule has 3 atom stereocenters. The molecule has 1 saturated heterocycles. The maximum Gasteiger partial charge on any atom is 0.0132 e. The first-order valence-electron chi connectivity index (χ1n) is 4.98. The minimum Gasteiger partial charge on any atom is -0.327 e. The number of nitrogens with zero attached hydrogens (tertiary/aromatic N) is 1. The average Bonchev–Trinajstić information content (AvgIpc) is 2.08. The Kier molecular flexibility index (Phi) is 2.79. The van der Waals surface area contributed by atoms with Crippen LogP contribution >= 0.6 is 0 Å². The lowest BCUT2D eigenvalue weighted by Gasteiger charge is -2.49. The fraction of sp³-hybridized carbons (Fsp3) is 1.00. The monoisotopic (exact) mass is 170 g/mol. The number of piperidine rings is 1. The zero-order valence-corrected chi connectivity index (χ0v) is 8.80. The minimum atomic E-state index is 0.312. The second-order valence-corrected chi connectivity index (χ2v) is 4.41. The van der Waals surface area contributed by atoms with E-state index in [9.17, 15) is 0 Å². The molecule has 1 heterocycles. The highest BCUT2D eigenvalue weighted by Crippen LogP contribution is 2.36. The predicted molar refractivity (Wildman–Crippen MR) is 53.1 cm³/mol. The maximum atomic E-state index is 6.15. The Bertz CT molecular complexity index is 158. The molecule has 1 aliphatic rings. The summed E-state index contributed by atoms with van der Waals surface area (Å²) in [6.45, 7) is 8.01. The fourth-order valence-electron chi connectivity index (χ4n) is 2.24. The number of rotatable bonds is 1. The van der Waals surface area contributed by atoms with Crippen LogP contribution in [0.3, 0.4) is 0 Å². The van der Waals surface area contributed by atoms with Crippen LogP contribution in [-0.4, -0.2) is 30.6 Å². The van der Waals surface area contributed by atoms with Crippen LogP contribution in [-0.2, 0) is 0 Å². The van der Waals surface area contributed by atoms with E-state index in [1.807, 2.05) is 0 Å². The highest BCUT2D eigenvalue weighted by Gasteiger charge is 2.40. The summed E-state index contributed by atoms with van der Waals surface area (Å²) in [6.07, 6.45) is 2.32. The number of hydrogen-bond acceptors (Lipinski definition) is 2. The molecule has 3 unspecified atom stereocenters. The van der Waals surface area contributed by atoms with Crippen LogP contribution in [0.1, 0.15) is 33.6 Å². The summed E-state index contributed by atoms with van der Waals surface area (Å²) in [6, 6.07) is 1.000. The Morgan fingerprint density at radius 3 is 2.58 bits per heavy atom. The highest BCUT2D eigenvalue weighted by molar-refractivity contribution is 4.96. The second kappa shape index (κ2) is 3.35. The third-order valence-electron chi connectivity index (χ3n) is 4.02. The highest BCUT2D eigenvalue weighted by atomic mass is 15.2. The van der Waals surface area contributed by atoms with Crippen molar-refractivity contribution in [2.24, 2.45) is 11.1 Å². The van der Waals surface area contributed by atoms with Crippen molar-refractivity contribution in [3.8, 4) is 0 Å². The lowest BCUT2D eigenvalue weighted by atomic mass is 9.70. The molecule has 0 aliphatic carbocycles. The van der Waals surface area contributed by atoms with Crippen LogP contribution in [0.25, 0.3) is 0 Å². The van der Waals surface area contributed by atoms with Gasteiger partial charge < -0.3 is 10.6 Å². The fourth-order valence-corrected chi connectivity index (χ4v) is 2.24. The van der Waals surface area contributed by atoms with E-state index in [1.165, 1.54) is 6.42 Å². The van der Waals surface area contributed by atoms with E-state index < -0.39 is 0 Å². The van der Waals surface area contributed by atoms with E-state index in [4.69, 9.17) is 5.73 Å². The third-order valence-corrected chi connectivity index (χ3v) is 4.02. The van der Waals surface area contributed by atoms with Crippen LogP contribution in [0.4, 0.5) is 0 Å². The summed E-state index contributed by atoms with van der Waals surface area (Å²) in [7, 11) is 2.20. The summed E-state index contributed by atoms with van der Waals surface area (Å²) < 4.78 is 0. The van der Waals surface area contributed by atoms with Crippen molar-refractivity contribution in [1.29, 1.82) is 0 Å². The van der Waals surface area contributed by atoms with E-state index in [-0.39, 0.29) is 0 Å².